The van der Waals surface area contributed by atoms with Crippen molar-refractivity contribution in [1.29, 1.82) is 0 Å². The van der Waals surface area contributed by atoms with Crippen molar-refractivity contribution in [3.63, 3.8) is 0 Å². The third-order valence-corrected chi connectivity index (χ3v) is 3.73. The Morgan fingerprint density at radius 3 is 2.46 bits per heavy atom. The molecule has 1 amide bonds. The topological polar surface area (TPSA) is 102 Å². The van der Waals surface area contributed by atoms with Gasteiger partial charge in [0.15, 0.2) is 0 Å². The number of amides is 1. The molecule has 8 nitrogen and oxygen atoms in total. The monoisotopic (exact) mass is 397 g/mol. The number of pyridine rings is 1. The third-order valence-electron chi connectivity index (χ3n) is 3.73. The van der Waals surface area contributed by atoms with Crippen LogP contribution in [-0.2, 0) is 10.4 Å². The van der Waals surface area contributed by atoms with E-state index in [-0.39, 0.29) is 23.1 Å². The Morgan fingerprint density at radius 2 is 1.89 bits per heavy atom. The highest BCUT2D eigenvalue weighted by atomic mass is 19.4. The van der Waals surface area contributed by atoms with E-state index in [0.29, 0.717) is 5.56 Å². The first-order valence-corrected chi connectivity index (χ1v) is 7.80. The Balaban J connectivity index is 1.70. The number of benzene rings is 1. The summed E-state index contributed by atoms with van der Waals surface area (Å²) in [6, 6.07) is 8.03. The molecular formula is C17H14F3N3O5. The normalized spacial score (nSPS) is 18.8. The van der Waals surface area contributed by atoms with Gasteiger partial charge >= 0.3 is 6.36 Å². The fourth-order valence-electron chi connectivity index (χ4n) is 2.40. The van der Waals surface area contributed by atoms with Gasteiger partial charge in [0, 0.05) is 6.08 Å². The van der Waals surface area contributed by atoms with E-state index in [1.54, 1.807) is 13.0 Å². The van der Waals surface area contributed by atoms with E-state index in [2.05, 4.69) is 15.2 Å². The summed E-state index contributed by atoms with van der Waals surface area (Å²) in [4.78, 5) is 20.5. The lowest BCUT2D eigenvalue weighted by Gasteiger charge is -2.20. The zero-order valence-corrected chi connectivity index (χ0v) is 14.3. The minimum Gasteiger partial charge on any atom is -0.438 e. The van der Waals surface area contributed by atoms with Gasteiger partial charge in [-0.25, -0.2) is 15.9 Å². The number of hydrogen-bond acceptors (Lipinski definition) is 7. The van der Waals surface area contributed by atoms with Crippen molar-refractivity contribution < 1.29 is 37.5 Å². The summed E-state index contributed by atoms with van der Waals surface area (Å²) in [5.41, 5.74) is 3.58. The highest BCUT2D eigenvalue weighted by Crippen LogP contribution is 2.33. The molecule has 2 aromatic rings. The maximum Gasteiger partial charge on any atom is 0.573 e. The Morgan fingerprint density at radius 1 is 1.21 bits per heavy atom. The van der Waals surface area contributed by atoms with E-state index in [1.807, 2.05) is 0 Å². The van der Waals surface area contributed by atoms with Crippen molar-refractivity contribution in [2.75, 3.05) is 0 Å². The molecule has 0 radical (unpaired) electrons. The quantitative estimate of drug-likeness (QED) is 0.527. The zero-order chi connectivity index (χ0) is 20.4. The summed E-state index contributed by atoms with van der Waals surface area (Å²) in [6.07, 6.45) is -1.91. The number of alkyl halides is 3. The molecule has 0 aliphatic carbocycles. The highest BCUT2D eigenvalue weighted by molar-refractivity contribution is 5.91. The fourth-order valence-corrected chi connectivity index (χ4v) is 2.40. The molecule has 11 heteroatoms. The van der Waals surface area contributed by atoms with E-state index in [1.165, 1.54) is 48.1 Å². The van der Waals surface area contributed by atoms with E-state index in [0.717, 1.165) is 0 Å². The van der Waals surface area contributed by atoms with Crippen molar-refractivity contribution >= 4 is 5.91 Å². The van der Waals surface area contributed by atoms with Crippen LogP contribution in [0.25, 0.3) is 0 Å². The zero-order valence-electron chi connectivity index (χ0n) is 14.3. The lowest BCUT2D eigenvalue weighted by molar-refractivity contribution is -0.274. The first-order valence-electron chi connectivity index (χ1n) is 7.80. The summed E-state index contributed by atoms with van der Waals surface area (Å²) in [5.74, 6) is -0.600. The van der Waals surface area contributed by atoms with Crippen LogP contribution in [0.3, 0.4) is 0 Å². The van der Waals surface area contributed by atoms with Crippen LogP contribution in [-0.4, -0.2) is 22.5 Å². The summed E-state index contributed by atoms with van der Waals surface area (Å²) in [6.45, 7) is 1.68. The van der Waals surface area contributed by atoms with E-state index in [9.17, 15) is 18.0 Å². The van der Waals surface area contributed by atoms with Gasteiger partial charge in [-0.15, -0.1) is 13.2 Å². The number of nitrogens with one attached hydrogen (secondary N) is 2. The van der Waals surface area contributed by atoms with Gasteiger partial charge in [-0.1, -0.05) is 12.1 Å². The smallest absolute Gasteiger partial charge is 0.438 e. The molecule has 1 atom stereocenters. The van der Waals surface area contributed by atoms with Crippen LogP contribution in [0.4, 0.5) is 13.2 Å². The SMILES string of the molecule is C[C@@]1(c2ccc(OC(F)(F)F)cc2)C=C(Oc2ccc(C(=O)NO)nc2)NO1. The molecule has 2 heterocycles. The van der Waals surface area contributed by atoms with Crippen LogP contribution >= 0.6 is 0 Å². The lowest BCUT2D eigenvalue weighted by Crippen LogP contribution is -2.23. The molecule has 0 spiro atoms. The van der Waals surface area contributed by atoms with Crippen LogP contribution in [0.1, 0.15) is 23.0 Å². The Bertz CT molecular complexity index is 884. The predicted octanol–water partition coefficient (Wildman–Crippen LogP) is 2.77. The summed E-state index contributed by atoms with van der Waals surface area (Å²) in [5, 5.41) is 8.56. The molecule has 3 rings (SSSR count). The molecule has 0 bridgehead atoms. The van der Waals surface area contributed by atoms with E-state index < -0.39 is 17.9 Å². The second-order valence-corrected chi connectivity index (χ2v) is 5.81. The summed E-state index contributed by atoms with van der Waals surface area (Å²) in [7, 11) is 0. The molecule has 0 unspecified atom stereocenters. The summed E-state index contributed by atoms with van der Waals surface area (Å²) < 4.78 is 46.1. The van der Waals surface area contributed by atoms with Gasteiger partial charge in [-0.3, -0.25) is 14.8 Å². The minimum atomic E-state index is -4.76. The van der Waals surface area contributed by atoms with Crippen molar-refractivity contribution in [1.82, 2.24) is 15.9 Å². The number of carbonyl (C=O) groups excluding carboxylic acids is 1. The number of halogens is 3. The van der Waals surface area contributed by atoms with Crippen molar-refractivity contribution in [2.45, 2.75) is 18.9 Å². The number of hydroxylamine groups is 2. The van der Waals surface area contributed by atoms with Gasteiger partial charge in [0.2, 0.25) is 5.88 Å². The van der Waals surface area contributed by atoms with Gasteiger partial charge in [-0.2, -0.15) is 0 Å². The number of rotatable bonds is 5. The highest BCUT2D eigenvalue weighted by Gasteiger charge is 2.34. The van der Waals surface area contributed by atoms with Crippen LogP contribution in [0.15, 0.2) is 54.6 Å². The van der Waals surface area contributed by atoms with Crippen molar-refractivity contribution in [3.8, 4) is 11.5 Å². The molecule has 0 saturated carbocycles. The minimum absolute atomic E-state index is 0.00883. The van der Waals surface area contributed by atoms with Gasteiger partial charge in [0.25, 0.3) is 5.91 Å². The largest absolute Gasteiger partial charge is 0.573 e. The maximum absolute atomic E-state index is 12.2. The van der Waals surface area contributed by atoms with Crippen LogP contribution < -0.4 is 20.4 Å². The molecule has 1 aromatic heterocycles. The average molecular weight is 397 g/mol. The molecule has 1 aliphatic heterocycles. The number of aromatic nitrogens is 1. The second kappa shape index (κ2) is 7.37. The number of nitrogens with zero attached hydrogens (tertiary/aromatic N) is 1. The van der Waals surface area contributed by atoms with E-state index >= 15 is 0 Å². The molecule has 3 N–H and O–H groups in total. The Kier molecular flexibility index (Phi) is 5.12. The first kappa shape index (κ1) is 19.5. The van der Waals surface area contributed by atoms with Crippen molar-refractivity contribution in [3.05, 3.63) is 65.8 Å². The lowest BCUT2D eigenvalue weighted by atomic mass is 9.96. The Labute approximate surface area is 156 Å². The number of hydrogen-bond donors (Lipinski definition) is 3. The van der Waals surface area contributed by atoms with Gasteiger partial charge in [0.1, 0.15) is 22.8 Å². The molecule has 0 saturated heterocycles. The molecule has 1 aromatic carbocycles. The molecule has 0 fully saturated rings. The Hall–Kier alpha value is -3.31. The van der Waals surface area contributed by atoms with Gasteiger partial charge in [0.05, 0.1) is 6.20 Å². The first-order chi connectivity index (χ1) is 13.2. The average Bonchev–Trinajstić information content (AvgIpc) is 3.03. The molecule has 28 heavy (non-hydrogen) atoms. The predicted molar refractivity (Wildman–Crippen MR) is 86.9 cm³/mol. The second-order valence-electron chi connectivity index (χ2n) is 5.81. The standard InChI is InChI=1S/C17H14F3N3O5/c1-16(10-2-4-11(5-3-10)27-17(18,19)20)8-14(23-28-16)26-12-6-7-13(21-9-12)15(24)22-25/h2-9,23,25H,1H3,(H,22,24)/t16-/m0/s1. The third kappa shape index (κ3) is 4.50. The molecule has 1 aliphatic rings. The van der Waals surface area contributed by atoms with E-state index in [4.69, 9.17) is 14.8 Å². The van der Waals surface area contributed by atoms with Gasteiger partial charge in [-0.05, 0) is 36.8 Å². The number of carbonyl (C=O) groups is 1. The summed E-state index contributed by atoms with van der Waals surface area (Å²) >= 11 is 0. The molecular weight excluding hydrogens is 383 g/mol. The fraction of sp³-hybridized carbons (Fsp3) is 0.176. The maximum atomic E-state index is 12.2. The van der Waals surface area contributed by atoms with Crippen LogP contribution in [0.2, 0.25) is 0 Å². The number of ether oxygens (including phenoxy) is 2. The van der Waals surface area contributed by atoms with Crippen LogP contribution in [0.5, 0.6) is 11.5 Å². The van der Waals surface area contributed by atoms with Crippen LogP contribution in [0, 0.1) is 0 Å². The van der Waals surface area contributed by atoms with Crippen molar-refractivity contribution in [2.24, 2.45) is 0 Å². The van der Waals surface area contributed by atoms with Gasteiger partial charge < -0.3 is 9.47 Å². The molecule has 148 valence electrons.